The average Bonchev–Trinajstić information content (AvgIpc) is 3.26. The molecule has 1 aliphatic rings. The number of fused-ring (bicyclic) bond motifs is 1. The molecular weight excluding hydrogens is 343 g/mol. The summed E-state index contributed by atoms with van der Waals surface area (Å²) in [7, 11) is 0. The fraction of sp³-hybridized carbons (Fsp3) is 0.182. The van der Waals surface area contributed by atoms with Crippen molar-refractivity contribution in [2.75, 3.05) is 5.32 Å². The number of rotatable bonds is 4. The van der Waals surface area contributed by atoms with Crippen molar-refractivity contribution < 1.29 is 14.0 Å². The largest absolute Gasteiger partial charge is 0.341 e. The van der Waals surface area contributed by atoms with E-state index in [1.807, 2.05) is 28.8 Å². The third-order valence-corrected chi connectivity index (χ3v) is 5.04. The topological polar surface area (TPSA) is 51.1 Å². The van der Waals surface area contributed by atoms with Crippen molar-refractivity contribution in [1.29, 1.82) is 0 Å². The summed E-state index contributed by atoms with van der Waals surface area (Å²) < 4.78 is 15.2. The normalized spacial score (nSPS) is 15.4. The Balaban J connectivity index is 1.57. The van der Waals surface area contributed by atoms with E-state index in [1.165, 1.54) is 12.1 Å². The van der Waals surface area contributed by atoms with Crippen LogP contribution in [-0.2, 0) is 11.3 Å². The Morgan fingerprint density at radius 3 is 2.59 bits per heavy atom. The molecule has 0 saturated heterocycles. The van der Waals surface area contributed by atoms with Crippen molar-refractivity contribution in [3.05, 3.63) is 89.0 Å². The Labute approximate surface area is 156 Å². The first-order chi connectivity index (χ1) is 13.0. The predicted octanol–water partition coefficient (Wildman–Crippen LogP) is 4.29. The van der Waals surface area contributed by atoms with Crippen LogP contribution in [-0.4, -0.2) is 16.3 Å². The van der Waals surface area contributed by atoms with Gasteiger partial charge < -0.3 is 9.88 Å². The molecule has 4 nitrogen and oxygen atoms in total. The molecule has 2 heterocycles. The molecule has 0 radical (unpaired) electrons. The first-order valence-electron chi connectivity index (χ1n) is 8.91. The third kappa shape index (κ3) is 3.16. The highest BCUT2D eigenvalue weighted by Gasteiger charge is 2.32. The van der Waals surface area contributed by atoms with Crippen LogP contribution in [0.1, 0.15) is 39.6 Å². The van der Waals surface area contributed by atoms with Crippen LogP contribution in [0.5, 0.6) is 0 Å². The van der Waals surface area contributed by atoms with Gasteiger partial charge in [0, 0.05) is 23.5 Å². The van der Waals surface area contributed by atoms with E-state index in [-0.39, 0.29) is 23.4 Å². The number of benzene rings is 2. The first-order valence-corrected chi connectivity index (χ1v) is 8.91. The Morgan fingerprint density at radius 1 is 1.07 bits per heavy atom. The molecule has 0 bridgehead atoms. The molecule has 2 aromatic carbocycles. The number of aryl methyl sites for hydroxylation is 1. The SMILES string of the molecule is Cc1cc(F)ccc1NC(=O)[C@@H]1CCn2c(C(=O)c3ccccc3)ccc21. The number of amides is 1. The number of hydrogen-bond donors (Lipinski definition) is 1. The number of hydrogen-bond acceptors (Lipinski definition) is 2. The zero-order chi connectivity index (χ0) is 19.0. The summed E-state index contributed by atoms with van der Waals surface area (Å²) in [5.74, 6) is -0.839. The van der Waals surface area contributed by atoms with E-state index in [9.17, 15) is 14.0 Å². The number of aromatic nitrogens is 1. The molecule has 1 amide bonds. The summed E-state index contributed by atoms with van der Waals surface area (Å²) in [4.78, 5) is 25.5. The van der Waals surface area contributed by atoms with Gasteiger partial charge in [-0.3, -0.25) is 9.59 Å². The zero-order valence-corrected chi connectivity index (χ0v) is 14.9. The van der Waals surface area contributed by atoms with Gasteiger partial charge in [0.2, 0.25) is 11.7 Å². The van der Waals surface area contributed by atoms with Crippen LogP contribution < -0.4 is 5.32 Å². The zero-order valence-electron chi connectivity index (χ0n) is 14.9. The molecule has 0 fully saturated rings. The summed E-state index contributed by atoms with van der Waals surface area (Å²) in [5.41, 5.74) is 3.35. The minimum atomic E-state index is -0.329. The quantitative estimate of drug-likeness (QED) is 0.704. The van der Waals surface area contributed by atoms with Crippen LogP contribution in [0.25, 0.3) is 0 Å². The summed E-state index contributed by atoms with van der Waals surface area (Å²) in [6.45, 7) is 2.38. The van der Waals surface area contributed by atoms with E-state index in [4.69, 9.17) is 0 Å². The van der Waals surface area contributed by atoms with Crippen LogP contribution in [0, 0.1) is 12.7 Å². The highest BCUT2D eigenvalue weighted by atomic mass is 19.1. The minimum Gasteiger partial charge on any atom is -0.341 e. The van der Waals surface area contributed by atoms with E-state index < -0.39 is 0 Å². The molecular formula is C22H19FN2O2. The van der Waals surface area contributed by atoms with Crippen LogP contribution in [0.4, 0.5) is 10.1 Å². The van der Waals surface area contributed by atoms with E-state index in [0.717, 1.165) is 5.69 Å². The molecule has 5 heteroatoms. The fourth-order valence-corrected chi connectivity index (χ4v) is 3.63. The number of ketones is 1. The number of halogens is 1. The highest BCUT2D eigenvalue weighted by molar-refractivity contribution is 6.08. The van der Waals surface area contributed by atoms with Crippen molar-refractivity contribution in [1.82, 2.24) is 4.57 Å². The van der Waals surface area contributed by atoms with Gasteiger partial charge in [0.1, 0.15) is 5.82 Å². The standard InChI is InChI=1S/C22H19FN2O2/c1-14-13-16(23)7-8-18(14)24-22(27)17-11-12-25-19(17)9-10-20(25)21(26)15-5-3-2-4-6-15/h2-10,13,17H,11-12H2,1H3,(H,24,27)/t17-/m1/s1. The minimum absolute atomic E-state index is 0.0442. The van der Waals surface area contributed by atoms with Crippen LogP contribution in [0.2, 0.25) is 0 Å². The van der Waals surface area contributed by atoms with Crippen LogP contribution >= 0.6 is 0 Å². The van der Waals surface area contributed by atoms with E-state index >= 15 is 0 Å². The second-order valence-corrected chi connectivity index (χ2v) is 6.78. The number of carbonyl (C=O) groups is 2. The van der Waals surface area contributed by atoms with Crippen molar-refractivity contribution >= 4 is 17.4 Å². The van der Waals surface area contributed by atoms with Gasteiger partial charge in [-0.2, -0.15) is 0 Å². The molecule has 0 aliphatic carbocycles. The summed E-state index contributed by atoms with van der Waals surface area (Å²) in [5, 5.41) is 2.89. The molecule has 1 atom stereocenters. The smallest absolute Gasteiger partial charge is 0.233 e. The maximum Gasteiger partial charge on any atom is 0.233 e. The van der Waals surface area contributed by atoms with E-state index in [1.54, 1.807) is 31.2 Å². The summed E-state index contributed by atoms with van der Waals surface area (Å²) >= 11 is 0. The molecule has 0 saturated carbocycles. The number of anilines is 1. The molecule has 1 N–H and O–H groups in total. The molecule has 1 aliphatic heterocycles. The lowest BCUT2D eigenvalue weighted by molar-refractivity contribution is -0.117. The van der Waals surface area contributed by atoms with Gasteiger partial charge in [0.05, 0.1) is 11.6 Å². The lowest BCUT2D eigenvalue weighted by atomic mass is 10.0. The molecule has 3 aromatic rings. The van der Waals surface area contributed by atoms with Gasteiger partial charge >= 0.3 is 0 Å². The van der Waals surface area contributed by atoms with Gasteiger partial charge in [0.25, 0.3) is 0 Å². The molecule has 136 valence electrons. The Bertz CT molecular complexity index is 1020. The van der Waals surface area contributed by atoms with Crippen LogP contribution in [0.3, 0.4) is 0 Å². The van der Waals surface area contributed by atoms with Gasteiger partial charge in [-0.25, -0.2) is 4.39 Å². The average molecular weight is 362 g/mol. The van der Waals surface area contributed by atoms with Gasteiger partial charge in [-0.05, 0) is 49.2 Å². The van der Waals surface area contributed by atoms with Crippen molar-refractivity contribution in [3.8, 4) is 0 Å². The predicted molar refractivity (Wildman–Crippen MR) is 101 cm³/mol. The first kappa shape index (κ1) is 17.2. The lowest BCUT2D eigenvalue weighted by Gasteiger charge is -2.12. The molecule has 0 spiro atoms. The number of carbonyl (C=O) groups excluding carboxylic acids is 2. The van der Waals surface area contributed by atoms with Crippen molar-refractivity contribution in [3.63, 3.8) is 0 Å². The highest BCUT2D eigenvalue weighted by Crippen LogP contribution is 2.32. The molecule has 4 rings (SSSR count). The van der Waals surface area contributed by atoms with Gasteiger partial charge in [-0.1, -0.05) is 30.3 Å². The van der Waals surface area contributed by atoms with E-state index in [0.29, 0.717) is 35.5 Å². The van der Waals surface area contributed by atoms with Crippen molar-refractivity contribution in [2.45, 2.75) is 25.8 Å². The van der Waals surface area contributed by atoms with Gasteiger partial charge in [-0.15, -0.1) is 0 Å². The summed E-state index contributed by atoms with van der Waals surface area (Å²) in [6, 6.07) is 17.1. The third-order valence-electron chi connectivity index (χ3n) is 5.04. The van der Waals surface area contributed by atoms with Gasteiger partial charge in [0.15, 0.2) is 0 Å². The summed E-state index contributed by atoms with van der Waals surface area (Å²) in [6.07, 6.45) is 0.636. The second kappa shape index (κ2) is 6.83. The number of nitrogens with one attached hydrogen (secondary N) is 1. The maximum atomic E-state index is 13.3. The Kier molecular flexibility index (Phi) is 4.36. The Hall–Kier alpha value is -3.21. The fourth-order valence-electron chi connectivity index (χ4n) is 3.63. The number of nitrogens with zero attached hydrogens (tertiary/aromatic N) is 1. The Morgan fingerprint density at radius 2 is 1.85 bits per heavy atom. The lowest BCUT2D eigenvalue weighted by Crippen LogP contribution is -2.20. The van der Waals surface area contributed by atoms with Crippen LogP contribution in [0.15, 0.2) is 60.7 Å². The van der Waals surface area contributed by atoms with E-state index in [2.05, 4.69) is 5.32 Å². The molecule has 27 heavy (non-hydrogen) atoms. The monoisotopic (exact) mass is 362 g/mol. The maximum absolute atomic E-state index is 13.3. The molecule has 0 unspecified atom stereocenters. The molecule has 1 aromatic heterocycles. The second-order valence-electron chi connectivity index (χ2n) is 6.78. The van der Waals surface area contributed by atoms with Crippen molar-refractivity contribution in [2.24, 2.45) is 0 Å².